The number of ether oxygens (including phenoxy) is 1. The van der Waals surface area contributed by atoms with Crippen molar-refractivity contribution < 1.29 is 9.13 Å². The summed E-state index contributed by atoms with van der Waals surface area (Å²) in [7, 11) is 1.63. The Bertz CT molecular complexity index is 568. The number of nitrogens with two attached hydrogens (primary N) is 1. The fourth-order valence-corrected chi connectivity index (χ4v) is 2.15. The summed E-state index contributed by atoms with van der Waals surface area (Å²) in [5.74, 6) is 0.546. The van der Waals surface area contributed by atoms with Crippen molar-refractivity contribution in [2.24, 2.45) is 5.73 Å². The number of aryl methyl sites for hydroxylation is 1. The van der Waals surface area contributed by atoms with Gasteiger partial charge < -0.3 is 10.5 Å². The second kappa shape index (κ2) is 5.85. The van der Waals surface area contributed by atoms with Gasteiger partial charge in [-0.05, 0) is 42.7 Å². The number of rotatable bonds is 4. The van der Waals surface area contributed by atoms with Gasteiger partial charge in [0.05, 0.1) is 7.11 Å². The van der Waals surface area contributed by atoms with Crippen LogP contribution in [0.5, 0.6) is 5.75 Å². The Morgan fingerprint density at radius 1 is 1.21 bits per heavy atom. The molecule has 0 aromatic heterocycles. The Hall–Kier alpha value is -1.87. The Kier molecular flexibility index (Phi) is 4.17. The first-order valence-electron chi connectivity index (χ1n) is 6.24. The molecule has 2 nitrogen and oxygen atoms in total. The maximum Gasteiger partial charge on any atom is 0.123 e. The van der Waals surface area contributed by atoms with Crippen LogP contribution in [0.3, 0.4) is 0 Å². The second-order valence-corrected chi connectivity index (χ2v) is 4.69. The molecule has 0 spiro atoms. The number of halogens is 1. The second-order valence-electron chi connectivity index (χ2n) is 4.69. The highest BCUT2D eigenvalue weighted by atomic mass is 19.1. The molecule has 2 aromatic rings. The molecule has 0 aliphatic heterocycles. The molecule has 0 saturated heterocycles. The smallest absolute Gasteiger partial charge is 0.123 e. The summed E-state index contributed by atoms with van der Waals surface area (Å²) in [6, 6.07) is 12.2. The fraction of sp³-hybridized carbons (Fsp3) is 0.250. The van der Waals surface area contributed by atoms with Crippen LogP contribution in [0.15, 0.2) is 42.5 Å². The summed E-state index contributed by atoms with van der Waals surface area (Å²) >= 11 is 0. The molecule has 1 unspecified atom stereocenters. The monoisotopic (exact) mass is 259 g/mol. The molecule has 3 heteroatoms. The van der Waals surface area contributed by atoms with E-state index in [2.05, 4.69) is 0 Å². The van der Waals surface area contributed by atoms with Crippen molar-refractivity contribution in [1.29, 1.82) is 0 Å². The first-order valence-corrected chi connectivity index (χ1v) is 6.24. The molecule has 0 radical (unpaired) electrons. The molecule has 2 aromatic carbocycles. The van der Waals surface area contributed by atoms with Crippen molar-refractivity contribution in [3.8, 4) is 5.75 Å². The van der Waals surface area contributed by atoms with Gasteiger partial charge in [-0.1, -0.05) is 24.3 Å². The molecule has 1 atom stereocenters. The number of methoxy groups -OCH3 is 1. The minimum absolute atomic E-state index is 0.211. The zero-order chi connectivity index (χ0) is 13.8. The molecular formula is C16H18FNO. The van der Waals surface area contributed by atoms with Gasteiger partial charge in [0.2, 0.25) is 0 Å². The number of hydrogen-bond donors (Lipinski definition) is 1. The SMILES string of the molecule is COc1cc(C)ccc1C(N)Cc1cccc(F)c1. The maximum absolute atomic E-state index is 13.2. The van der Waals surface area contributed by atoms with E-state index in [-0.39, 0.29) is 11.9 Å². The van der Waals surface area contributed by atoms with Crippen LogP contribution < -0.4 is 10.5 Å². The van der Waals surface area contributed by atoms with E-state index in [9.17, 15) is 4.39 Å². The van der Waals surface area contributed by atoms with Gasteiger partial charge in [0.15, 0.2) is 0 Å². The Labute approximate surface area is 113 Å². The predicted octanol–water partition coefficient (Wildman–Crippen LogP) is 3.39. The Morgan fingerprint density at radius 2 is 2.00 bits per heavy atom. The van der Waals surface area contributed by atoms with E-state index in [1.807, 2.05) is 31.2 Å². The largest absolute Gasteiger partial charge is 0.496 e. The van der Waals surface area contributed by atoms with Gasteiger partial charge >= 0.3 is 0 Å². The van der Waals surface area contributed by atoms with Crippen LogP contribution >= 0.6 is 0 Å². The summed E-state index contributed by atoms with van der Waals surface area (Å²) in [5.41, 5.74) is 9.15. The zero-order valence-electron chi connectivity index (χ0n) is 11.2. The van der Waals surface area contributed by atoms with Gasteiger partial charge in [-0.15, -0.1) is 0 Å². The molecule has 0 bridgehead atoms. The molecule has 2 N–H and O–H groups in total. The number of benzene rings is 2. The van der Waals surface area contributed by atoms with Crippen molar-refractivity contribution in [2.45, 2.75) is 19.4 Å². The van der Waals surface area contributed by atoms with Crippen LogP contribution in [-0.2, 0) is 6.42 Å². The molecule has 2 rings (SSSR count). The normalized spacial score (nSPS) is 12.2. The maximum atomic E-state index is 13.2. The van der Waals surface area contributed by atoms with E-state index in [1.54, 1.807) is 13.2 Å². The third-order valence-electron chi connectivity index (χ3n) is 3.13. The molecule has 100 valence electrons. The lowest BCUT2D eigenvalue weighted by Gasteiger charge is -2.16. The van der Waals surface area contributed by atoms with Crippen LogP contribution in [0, 0.1) is 12.7 Å². The minimum Gasteiger partial charge on any atom is -0.496 e. The summed E-state index contributed by atoms with van der Waals surface area (Å²) in [5, 5.41) is 0. The van der Waals surface area contributed by atoms with Crippen molar-refractivity contribution >= 4 is 0 Å². The third-order valence-corrected chi connectivity index (χ3v) is 3.13. The van der Waals surface area contributed by atoms with Crippen LogP contribution in [0.25, 0.3) is 0 Å². The molecule has 0 fully saturated rings. The lowest BCUT2D eigenvalue weighted by molar-refractivity contribution is 0.405. The Morgan fingerprint density at radius 3 is 2.68 bits per heavy atom. The third kappa shape index (κ3) is 3.32. The highest BCUT2D eigenvalue weighted by molar-refractivity contribution is 5.40. The lowest BCUT2D eigenvalue weighted by atomic mass is 9.98. The summed E-state index contributed by atoms with van der Waals surface area (Å²) in [6.07, 6.45) is 0.581. The average molecular weight is 259 g/mol. The molecule has 0 amide bonds. The van der Waals surface area contributed by atoms with E-state index in [4.69, 9.17) is 10.5 Å². The Balaban J connectivity index is 2.22. The van der Waals surface area contributed by atoms with Gasteiger partial charge in [0.1, 0.15) is 11.6 Å². The van der Waals surface area contributed by atoms with E-state index in [0.717, 1.165) is 22.4 Å². The highest BCUT2D eigenvalue weighted by Crippen LogP contribution is 2.27. The first kappa shape index (κ1) is 13.6. The van der Waals surface area contributed by atoms with Crippen LogP contribution in [-0.4, -0.2) is 7.11 Å². The molecule has 0 saturated carbocycles. The van der Waals surface area contributed by atoms with Crippen molar-refractivity contribution in [3.63, 3.8) is 0 Å². The van der Waals surface area contributed by atoms with Crippen molar-refractivity contribution in [2.75, 3.05) is 7.11 Å². The highest BCUT2D eigenvalue weighted by Gasteiger charge is 2.13. The quantitative estimate of drug-likeness (QED) is 0.913. The molecule has 0 aliphatic rings. The van der Waals surface area contributed by atoms with Gasteiger partial charge in [-0.25, -0.2) is 4.39 Å². The summed E-state index contributed by atoms with van der Waals surface area (Å²) in [4.78, 5) is 0. The zero-order valence-corrected chi connectivity index (χ0v) is 11.2. The first-order chi connectivity index (χ1) is 9.10. The van der Waals surface area contributed by atoms with E-state index < -0.39 is 0 Å². The van der Waals surface area contributed by atoms with E-state index in [1.165, 1.54) is 12.1 Å². The van der Waals surface area contributed by atoms with E-state index >= 15 is 0 Å². The van der Waals surface area contributed by atoms with Gasteiger partial charge in [0.25, 0.3) is 0 Å². The van der Waals surface area contributed by atoms with Gasteiger partial charge in [-0.3, -0.25) is 0 Å². The van der Waals surface area contributed by atoms with Crippen LogP contribution in [0.2, 0.25) is 0 Å². The molecule has 19 heavy (non-hydrogen) atoms. The van der Waals surface area contributed by atoms with Crippen LogP contribution in [0.1, 0.15) is 22.7 Å². The number of hydrogen-bond acceptors (Lipinski definition) is 2. The molecule has 0 heterocycles. The fourth-order valence-electron chi connectivity index (χ4n) is 2.15. The average Bonchev–Trinajstić information content (AvgIpc) is 2.38. The standard InChI is InChI=1S/C16H18FNO/c1-11-6-7-14(16(8-11)19-2)15(18)10-12-4-3-5-13(17)9-12/h3-9,15H,10,18H2,1-2H3. The molecular weight excluding hydrogens is 241 g/mol. The van der Waals surface area contributed by atoms with Gasteiger partial charge in [0, 0.05) is 11.6 Å². The summed E-state index contributed by atoms with van der Waals surface area (Å²) in [6.45, 7) is 2.00. The topological polar surface area (TPSA) is 35.2 Å². The molecule has 0 aliphatic carbocycles. The minimum atomic E-state index is -0.236. The van der Waals surface area contributed by atoms with Crippen molar-refractivity contribution in [3.05, 3.63) is 65.0 Å². The van der Waals surface area contributed by atoms with Crippen LogP contribution in [0.4, 0.5) is 4.39 Å². The summed E-state index contributed by atoms with van der Waals surface area (Å²) < 4.78 is 18.5. The van der Waals surface area contributed by atoms with Gasteiger partial charge in [-0.2, -0.15) is 0 Å². The predicted molar refractivity (Wildman–Crippen MR) is 74.8 cm³/mol. The van der Waals surface area contributed by atoms with Crippen molar-refractivity contribution in [1.82, 2.24) is 0 Å². The van der Waals surface area contributed by atoms with E-state index in [0.29, 0.717) is 6.42 Å². The lowest BCUT2D eigenvalue weighted by Crippen LogP contribution is -2.14.